The number of piperazine rings is 1. The lowest BCUT2D eigenvalue weighted by atomic mass is 10.1. The average Bonchev–Trinajstić information content (AvgIpc) is 2.93. The van der Waals surface area contributed by atoms with Crippen molar-refractivity contribution < 1.29 is 0 Å². The Hall–Kier alpha value is -1.36. The molecule has 3 rings (SSSR count). The molecular weight excluding hydrogens is 296 g/mol. The minimum atomic E-state index is 1.06. The summed E-state index contributed by atoms with van der Waals surface area (Å²) in [6.45, 7) is 8.24. The molecule has 0 spiro atoms. The molecule has 0 amide bonds. The number of rotatable bonds is 7. The van der Waals surface area contributed by atoms with Crippen LogP contribution in [0.4, 0.5) is 0 Å². The van der Waals surface area contributed by atoms with E-state index in [-0.39, 0.29) is 0 Å². The smallest absolute Gasteiger partial charge is 0.0483 e. The predicted molar refractivity (Wildman–Crippen MR) is 103 cm³/mol. The molecule has 0 radical (unpaired) electrons. The van der Waals surface area contributed by atoms with Gasteiger partial charge < -0.3 is 19.3 Å². The number of fused-ring (bicyclic) bond motifs is 1. The molecule has 2 aromatic rings. The van der Waals surface area contributed by atoms with Crippen LogP contribution in [0.15, 0.2) is 30.5 Å². The third-order valence-electron chi connectivity index (χ3n) is 5.18. The normalized spacial score (nSPS) is 17.2. The Morgan fingerprint density at radius 3 is 2.50 bits per heavy atom. The number of para-hydroxylation sites is 1. The van der Waals surface area contributed by atoms with Crippen LogP contribution in [-0.4, -0.2) is 79.7 Å². The van der Waals surface area contributed by atoms with Gasteiger partial charge in [-0.3, -0.25) is 0 Å². The molecule has 1 saturated heterocycles. The Balaban J connectivity index is 1.61. The van der Waals surface area contributed by atoms with Crippen molar-refractivity contribution in [2.24, 2.45) is 0 Å². The highest BCUT2D eigenvalue weighted by molar-refractivity contribution is 5.84. The molecule has 4 heteroatoms. The summed E-state index contributed by atoms with van der Waals surface area (Å²) in [6, 6.07) is 8.87. The van der Waals surface area contributed by atoms with Crippen molar-refractivity contribution in [3.8, 4) is 0 Å². The molecule has 1 aromatic carbocycles. The van der Waals surface area contributed by atoms with Crippen molar-refractivity contribution in [1.82, 2.24) is 19.3 Å². The second-order valence-electron chi connectivity index (χ2n) is 7.42. The minimum Gasteiger partial charge on any atom is -0.346 e. The van der Waals surface area contributed by atoms with E-state index in [2.05, 4.69) is 70.9 Å². The average molecular weight is 329 g/mol. The highest BCUT2D eigenvalue weighted by atomic mass is 15.2. The maximum Gasteiger partial charge on any atom is 0.0483 e. The summed E-state index contributed by atoms with van der Waals surface area (Å²) < 4.78 is 2.43. The van der Waals surface area contributed by atoms with E-state index in [4.69, 9.17) is 0 Å². The highest BCUT2D eigenvalue weighted by Gasteiger charge is 2.14. The predicted octanol–water partition coefficient (Wildman–Crippen LogP) is 2.38. The molecular formula is C20H32N4. The number of aromatic nitrogens is 1. The van der Waals surface area contributed by atoms with E-state index < -0.39 is 0 Å². The summed E-state index contributed by atoms with van der Waals surface area (Å²) in [5, 5.41) is 1.44. The van der Waals surface area contributed by atoms with Gasteiger partial charge >= 0.3 is 0 Å². The number of aryl methyl sites for hydroxylation is 1. The van der Waals surface area contributed by atoms with E-state index in [1.807, 2.05) is 0 Å². The molecule has 132 valence electrons. The maximum absolute atomic E-state index is 2.62. The first-order chi connectivity index (χ1) is 11.6. The van der Waals surface area contributed by atoms with Crippen molar-refractivity contribution in [3.05, 3.63) is 36.0 Å². The first kappa shape index (κ1) is 17.5. The molecule has 2 heterocycles. The van der Waals surface area contributed by atoms with Gasteiger partial charge in [-0.25, -0.2) is 0 Å². The summed E-state index contributed by atoms with van der Waals surface area (Å²) in [6.07, 6.45) is 4.82. The first-order valence-electron chi connectivity index (χ1n) is 9.26. The summed E-state index contributed by atoms with van der Waals surface area (Å²) in [7, 11) is 6.51. The van der Waals surface area contributed by atoms with E-state index in [1.54, 1.807) is 0 Å². The van der Waals surface area contributed by atoms with Crippen LogP contribution in [0, 0.1) is 0 Å². The van der Waals surface area contributed by atoms with Crippen LogP contribution >= 0.6 is 0 Å². The van der Waals surface area contributed by atoms with Gasteiger partial charge in [0, 0.05) is 56.4 Å². The molecule has 1 fully saturated rings. The third-order valence-corrected chi connectivity index (χ3v) is 5.18. The van der Waals surface area contributed by atoms with Crippen LogP contribution in [0.5, 0.6) is 0 Å². The molecule has 1 aliphatic heterocycles. The Labute approximate surface area is 146 Å². The monoisotopic (exact) mass is 328 g/mol. The second kappa shape index (κ2) is 8.15. The van der Waals surface area contributed by atoms with Gasteiger partial charge in [-0.15, -0.1) is 0 Å². The SMILES string of the molecule is CN(C)CCn1cc(CCCN2CCN(C)CC2)c2ccccc21. The molecule has 0 N–H and O–H groups in total. The molecule has 0 unspecified atom stereocenters. The summed E-state index contributed by atoms with van der Waals surface area (Å²) in [4.78, 5) is 7.29. The quantitative estimate of drug-likeness (QED) is 0.775. The number of hydrogen-bond acceptors (Lipinski definition) is 3. The van der Waals surface area contributed by atoms with E-state index in [0.717, 1.165) is 13.1 Å². The fourth-order valence-electron chi connectivity index (χ4n) is 3.58. The Morgan fingerprint density at radius 2 is 1.75 bits per heavy atom. The van der Waals surface area contributed by atoms with Gasteiger partial charge in [0.1, 0.15) is 0 Å². The summed E-state index contributed by atoms with van der Waals surface area (Å²) in [5.74, 6) is 0. The zero-order valence-corrected chi connectivity index (χ0v) is 15.5. The standard InChI is InChI=1S/C20H32N4/c1-21(2)11-16-24-17-18(19-8-4-5-9-20(19)24)7-6-10-23-14-12-22(3)13-15-23/h4-5,8-9,17H,6-7,10-16H2,1-3H3. The highest BCUT2D eigenvalue weighted by Crippen LogP contribution is 2.22. The van der Waals surface area contributed by atoms with E-state index in [1.165, 1.54) is 62.0 Å². The Bertz CT molecular complexity index is 638. The van der Waals surface area contributed by atoms with Crippen molar-refractivity contribution in [3.63, 3.8) is 0 Å². The molecule has 0 aliphatic carbocycles. The van der Waals surface area contributed by atoms with Gasteiger partial charge in [-0.05, 0) is 52.2 Å². The Morgan fingerprint density at radius 1 is 1.00 bits per heavy atom. The van der Waals surface area contributed by atoms with Crippen LogP contribution in [0.3, 0.4) is 0 Å². The van der Waals surface area contributed by atoms with Gasteiger partial charge in [0.05, 0.1) is 0 Å². The first-order valence-corrected chi connectivity index (χ1v) is 9.26. The van der Waals surface area contributed by atoms with Crippen molar-refractivity contribution in [2.75, 3.05) is 60.4 Å². The zero-order chi connectivity index (χ0) is 16.9. The van der Waals surface area contributed by atoms with Crippen LogP contribution < -0.4 is 0 Å². The molecule has 1 aliphatic rings. The van der Waals surface area contributed by atoms with Gasteiger partial charge in [-0.2, -0.15) is 0 Å². The molecule has 0 atom stereocenters. The number of likely N-dealkylation sites (N-methyl/N-ethyl adjacent to an activating group) is 2. The molecule has 0 saturated carbocycles. The van der Waals surface area contributed by atoms with Gasteiger partial charge in [0.25, 0.3) is 0 Å². The molecule has 4 nitrogen and oxygen atoms in total. The van der Waals surface area contributed by atoms with Gasteiger partial charge in [0.15, 0.2) is 0 Å². The van der Waals surface area contributed by atoms with Crippen LogP contribution in [0.25, 0.3) is 10.9 Å². The lowest BCUT2D eigenvalue weighted by Crippen LogP contribution is -2.44. The molecule has 24 heavy (non-hydrogen) atoms. The number of hydrogen-bond donors (Lipinski definition) is 0. The van der Waals surface area contributed by atoms with Crippen molar-refractivity contribution in [1.29, 1.82) is 0 Å². The van der Waals surface area contributed by atoms with Gasteiger partial charge in [0.2, 0.25) is 0 Å². The van der Waals surface area contributed by atoms with E-state index in [0.29, 0.717) is 0 Å². The lowest BCUT2D eigenvalue weighted by Gasteiger charge is -2.32. The zero-order valence-electron chi connectivity index (χ0n) is 15.5. The fourth-order valence-corrected chi connectivity index (χ4v) is 3.58. The second-order valence-corrected chi connectivity index (χ2v) is 7.42. The largest absolute Gasteiger partial charge is 0.346 e. The maximum atomic E-state index is 2.62. The summed E-state index contributed by atoms with van der Waals surface area (Å²) in [5.41, 5.74) is 2.90. The topological polar surface area (TPSA) is 14.7 Å². The lowest BCUT2D eigenvalue weighted by molar-refractivity contribution is 0.153. The van der Waals surface area contributed by atoms with Crippen molar-refractivity contribution in [2.45, 2.75) is 19.4 Å². The van der Waals surface area contributed by atoms with Crippen LogP contribution in [0.2, 0.25) is 0 Å². The molecule has 0 bridgehead atoms. The van der Waals surface area contributed by atoms with Crippen LogP contribution in [-0.2, 0) is 13.0 Å². The number of nitrogens with zero attached hydrogens (tertiary/aromatic N) is 4. The third kappa shape index (κ3) is 4.38. The van der Waals surface area contributed by atoms with E-state index in [9.17, 15) is 0 Å². The molecule has 1 aromatic heterocycles. The summed E-state index contributed by atoms with van der Waals surface area (Å²) >= 11 is 0. The van der Waals surface area contributed by atoms with Crippen molar-refractivity contribution >= 4 is 10.9 Å². The minimum absolute atomic E-state index is 1.06. The Kier molecular flexibility index (Phi) is 5.93. The fraction of sp³-hybridized carbons (Fsp3) is 0.600. The van der Waals surface area contributed by atoms with Crippen LogP contribution in [0.1, 0.15) is 12.0 Å². The van der Waals surface area contributed by atoms with Gasteiger partial charge in [-0.1, -0.05) is 18.2 Å². The number of benzene rings is 1. The van der Waals surface area contributed by atoms with E-state index >= 15 is 0 Å².